The summed E-state index contributed by atoms with van der Waals surface area (Å²) < 4.78 is 17.6. The van der Waals surface area contributed by atoms with Crippen LogP contribution in [0.25, 0.3) is 6.08 Å². The second-order valence-electron chi connectivity index (χ2n) is 8.34. The molecule has 1 amide bonds. The highest BCUT2D eigenvalue weighted by Gasteiger charge is 2.35. The molecular weight excluding hydrogens is 512 g/mol. The second kappa shape index (κ2) is 11.8. The number of ether oxygens (including phenoxy) is 3. The summed E-state index contributed by atoms with van der Waals surface area (Å²) in [6.07, 6.45) is 3.21. The Morgan fingerprint density at radius 2 is 1.84 bits per heavy atom. The number of benzene rings is 2. The van der Waals surface area contributed by atoms with Gasteiger partial charge in [0.2, 0.25) is 5.17 Å². The highest BCUT2D eigenvalue weighted by Crippen LogP contribution is 2.38. The van der Waals surface area contributed by atoms with E-state index in [-0.39, 0.29) is 18.0 Å². The van der Waals surface area contributed by atoms with Crippen molar-refractivity contribution in [3.05, 3.63) is 57.6 Å². The van der Waals surface area contributed by atoms with Crippen molar-refractivity contribution in [2.75, 3.05) is 19.8 Å². The van der Waals surface area contributed by atoms with Crippen LogP contribution in [0.15, 0.2) is 46.0 Å². The summed E-state index contributed by atoms with van der Waals surface area (Å²) in [5.41, 5.74) is 3.07. The molecule has 2 aromatic carbocycles. The number of aryl methyl sites for hydroxylation is 2. The first-order chi connectivity index (χ1) is 17.8. The van der Waals surface area contributed by atoms with Gasteiger partial charge >= 0.3 is 0 Å². The van der Waals surface area contributed by atoms with Crippen LogP contribution in [0.1, 0.15) is 43.9 Å². The van der Waals surface area contributed by atoms with Crippen molar-refractivity contribution in [3.8, 4) is 17.2 Å². The molecule has 2 aromatic rings. The number of hydrazone groups is 1. The van der Waals surface area contributed by atoms with Crippen LogP contribution in [0.4, 0.5) is 0 Å². The number of nitrogens with one attached hydrogen (secondary N) is 1. The first-order valence-corrected chi connectivity index (χ1v) is 13.3. The standard InChI is InChI=1S/C27H29ClN4O4S/c1-5-17-10-16(4)11-19(12-17)35-8-9-36-24-21(28)14-18(15-22(24)34-7-3)13-20-25(29)32-27(30-26(20)33)37-23(6-2)31-32/h10-15,29H,5-9H2,1-4H3. The summed E-state index contributed by atoms with van der Waals surface area (Å²) in [6.45, 7) is 8.97. The molecule has 1 N–H and O–H groups in total. The van der Waals surface area contributed by atoms with Gasteiger partial charge in [-0.1, -0.05) is 31.5 Å². The van der Waals surface area contributed by atoms with Crippen molar-refractivity contribution in [2.45, 2.75) is 40.5 Å². The molecule has 0 unspecified atom stereocenters. The molecule has 4 rings (SSSR count). The molecule has 0 atom stereocenters. The monoisotopic (exact) mass is 540 g/mol. The van der Waals surface area contributed by atoms with E-state index in [1.807, 2.05) is 32.9 Å². The molecule has 194 valence electrons. The summed E-state index contributed by atoms with van der Waals surface area (Å²) >= 11 is 7.87. The van der Waals surface area contributed by atoms with Crippen LogP contribution < -0.4 is 14.2 Å². The number of halogens is 1. The Hall–Kier alpha value is -3.30. The number of nitrogens with zero attached hydrogens (tertiary/aromatic N) is 3. The lowest BCUT2D eigenvalue weighted by Crippen LogP contribution is -2.35. The first-order valence-electron chi connectivity index (χ1n) is 12.1. The van der Waals surface area contributed by atoms with Gasteiger partial charge in [-0.05, 0) is 85.5 Å². The summed E-state index contributed by atoms with van der Waals surface area (Å²) in [6, 6.07) is 9.56. The van der Waals surface area contributed by atoms with E-state index in [0.29, 0.717) is 46.9 Å². The fourth-order valence-electron chi connectivity index (χ4n) is 3.83. The second-order valence-corrected chi connectivity index (χ2v) is 9.78. The zero-order chi connectivity index (χ0) is 26.5. The van der Waals surface area contributed by atoms with Crippen LogP contribution in [0, 0.1) is 12.3 Å². The molecule has 0 aromatic heterocycles. The molecule has 0 spiro atoms. The quantitative estimate of drug-likeness (QED) is 0.289. The van der Waals surface area contributed by atoms with Gasteiger partial charge in [-0.25, -0.2) is 0 Å². The number of amides is 1. The number of hydrogen-bond acceptors (Lipinski definition) is 7. The third kappa shape index (κ3) is 6.17. The van der Waals surface area contributed by atoms with E-state index in [1.54, 1.807) is 18.2 Å². The third-order valence-corrected chi connectivity index (χ3v) is 6.89. The fourth-order valence-corrected chi connectivity index (χ4v) is 4.93. The maximum atomic E-state index is 12.7. The number of fused-ring (bicyclic) bond motifs is 1. The minimum Gasteiger partial charge on any atom is -0.490 e. The van der Waals surface area contributed by atoms with Gasteiger partial charge in [0.15, 0.2) is 17.3 Å². The zero-order valence-corrected chi connectivity index (χ0v) is 22.8. The van der Waals surface area contributed by atoms with Crippen LogP contribution in [0.3, 0.4) is 0 Å². The number of carbonyl (C=O) groups excluding carboxylic acids is 1. The first kappa shape index (κ1) is 26.8. The Labute approximate surface area is 225 Å². The molecule has 0 saturated heterocycles. The van der Waals surface area contributed by atoms with Crippen molar-refractivity contribution in [3.63, 3.8) is 0 Å². The molecule has 0 fully saturated rings. The van der Waals surface area contributed by atoms with Gasteiger partial charge in [0, 0.05) is 0 Å². The molecule has 2 aliphatic heterocycles. The smallest absolute Gasteiger partial charge is 0.283 e. The van der Waals surface area contributed by atoms with Crippen molar-refractivity contribution in [1.29, 1.82) is 5.41 Å². The van der Waals surface area contributed by atoms with E-state index in [4.69, 9.17) is 31.2 Å². The number of hydrogen-bond donors (Lipinski definition) is 1. The van der Waals surface area contributed by atoms with E-state index in [0.717, 1.165) is 22.8 Å². The Morgan fingerprint density at radius 3 is 2.57 bits per heavy atom. The van der Waals surface area contributed by atoms with Gasteiger partial charge in [0.05, 0.1) is 17.2 Å². The highest BCUT2D eigenvalue weighted by molar-refractivity contribution is 8.26. The molecule has 2 aliphatic rings. The van der Waals surface area contributed by atoms with Gasteiger partial charge in [0.25, 0.3) is 5.91 Å². The third-order valence-electron chi connectivity index (χ3n) is 5.56. The predicted octanol–water partition coefficient (Wildman–Crippen LogP) is 6.10. The summed E-state index contributed by atoms with van der Waals surface area (Å²) in [4.78, 5) is 16.8. The number of aliphatic imine (C=N–C) groups is 1. The van der Waals surface area contributed by atoms with E-state index in [9.17, 15) is 4.79 Å². The average Bonchev–Trinajstić information content (AvgIpc) is 3.28. The normalized spacial score (nSPS) is 16.0. The molecule has 10 heteroatoms. The lowest BCUT2D eigenvalue weighted by atomic mass is 10.1. The molecular formula is C27H29ClN4O4S. The SMILES string of the molecule is CCOc1cc(C=C2C(=N)N3N=C(CC)SC3=NC2=O)cc(Cl)c1OCCOc1cc(C)cc(CC)c1. The average molecular weight is 541 g/mol. The van der Waals surface area contributed by atoms with Crippen LogP contribution in [0.5, 0.6) is 17.2 Å². The van der Waals surface area contributed by atoms with E-state index < -0.39 is 5.91 Å². The van der Waals surface area contributed by atoms with Gasteiger partial charge in [-0.2, -0.15) is 15.1 Å². The van der Waals surface area contributed by atoms with Crippen LogP contribution in [0.2, 0.25) is 5.02 Å². The Bertz CT molecular complexity index is 1320. The molecule has 0 radical (unpaired) electrons. The number of amidine groups is 2. The van der Waals surface area contributed by atoms with Gasteiger partial charge < -0.3 is 14.2 Å². The summed E-state index contributed by atoms with van der Waals surface area (Å²) in [5.74, 6) is 1.11. The van der Waals surface area contributed by atoms with Crippen LogP contribution >= 0.6 is 23.4 Å². The zero-order valence-electron chi connectivity index (χ0n) is 21.3. The molecule has 2 heterocycles. The Morgan fingerprint density at radius 1 is 1.05 bits per heavy atom. The molecule has 0 bridgehead atoms. The number of thioether (sulfide) groups is 1. The van der Waals surface area contributed by atoms with E-state index >= 15 is 0 Å². The molecule has 0 aliphatic carbocycles. The minimum atomic E-state index is -0.495. The lowest BCUT2D eigenvalue weighted by Gasteiger charge is -2.20. The van der Waals surface area contributed by atoms with Crippen molar-refractivity contribution in [1.82, 2.24) is 5.01 Å². The Kier molecular flexibility index (Phi) is 8.56. The Balaban J connectivity index is 1.50. The van der Waals surface area contributed by atoms with Crippen LogP contribution in [-0.2, 0) is 11.2 Å². The van der Waals surface area contributed by atoms with Crippen LogP contribution in [-0.4, -0.2) is 46.8 Å². The van der Waals surface area contributed by atoms with E-state index in [1.165, 1.54) is 22.3 Å². The topological polar surface area (TPSA) is 96.6 Å². The lowest BCUT2D eigenvalue weighted by molar-refractivity contribution is -0.114. The maximum absolute atomic E-state index is 12.7. The minimum absolute atomic E-state index is 0.0279. The molecule has 0 saturated carbocycles. The van der Waals surface area contributed by atoms with Gasteiger partial charge in [-0.3, -0.25) is 10.2 Å². The van der Waals surface area contributed by atoms with Crippen molar-refractivity contribution in [2.24, 2.45) is 10.1 Å². The summed E-state index contributed by atoms with van der Waals surface area (Å²) in [7, 11) is 0. The highest BCUT2D eigenvalue weighted by atomic mass is 35.5. The maximum Gasteiger partial charge on any atom is 0.283 e. The largest absolute Gasteiger partial charge is 0.490 e. The molecule has 8 nitrogen and oxygen atoms in total. The predicted molar refractivity (Wildman–Crippen MR) is 149 cm³/mol. The molecule has 37 heavy (non-hydrogen) atoms. The summed E-state index contributed by atoms with van der Waals surface area (Å²) in [5, 5.41) is 15.8. The van der Waals surface area contributed by atoms with Gasteiger partial charge in [-0.15, -0.1) is 0 Å². The van der Waals surface area contributed by atoms with Crippen molar-refractivity contribution >= 4 is 51.4 Å². The van der Waals surface area contributed by atoms with Crippen molar-refractivity contribution < 1.29 is 19.0 Å². The number of rotatable bonds is 10. The van der Waals surface area contributed by atoms with E-state index in [2.05, 4.69) is 23.1 Å². The van der Waals surface area contributed by atoms with Gasteiger partial charge in [0.1, 0.15) is 24.0 Å². The number of carbonyl (C=O) groups is 1. The fraction of sp³-hybridized carbons (Fsp3) is 0.333.